The van der Waals surface area contributed by atoms with Gasteiger partial charge in [-0.1, -0.05) is 27.7 Å². The Balaban J connectivity index is 4.90. The summed E-state index contributed by atoms with van der Waals surface area (Å²) in [5.74, 6) is 0. The first kappa shape index (κ1) is 14.1. The lowest BCUT2D eigenvalue weighted by atomic mass is 10.3. The third-order valence-electron chi connectivity index (χ3n) is 2.20. The van der Waals surface area contributed by atoms with Crippen molar-refractivity contribution in [3.63, 3.8) is 0 Å². The fourth-order valence-electron chi connectivity index (χ4n) is 1.79. The molecule has 0 radical (unpaired) electrons. The summed E-state index contributed by atoms with van der Waals surface area (Å²) in [5.41, 5.74) is 0. The Morgan fingerprint density at radius 1 is 0.786 bits per heavy atom. The third-order valence-corrected chi connectivity index (χ3v) is 5.42. The summed E-state index contributed by atoms with van der Waals surface area (Å²) in [4.78, 5) is 0. The Morgan fingerprint density at radius 3 is 1.14 bits per heavy atom. The van der Waals surface area contributed by atoms with E-state index in [9.17, 15) is 0 Å². The zero-order chi connectivity index (χ0) is 11.4. The summed E-state index contributed by atoms with van der Waals surface area (Å²) in [7, 11) is 2.27. The molecule has 0 aliphatic heterocycles. The first-order valence-electron chi connectivity index (χ1n) is 4.89. The fourth-order valence-corrected chi connectivity index (χ4v) is 4.19. The summed E-state index contributed by atoms with van der Waals surface area (Å²) < 4.78 is 18.5. The zero-order valence-corrected chi connectivity index (χ0v) is 11.3. The van der Waals surface area contributed by atoms with Gasteiger partial charge in [-0.25, -0.2) is 0 Å². The molecule has 14 heavy (non-hydrogen) atoms. The van der Waals surface area contributed by atoms with Gasteiger partial charge >= 0.3 is 8.97 Å². The molecule has 0 N–H and O–H groups in total. The molecule has 5 heteroatoms. The van der Waals surface area contributed by atoms with E-state index in [4.69, 9.17) is 13.3 Å². The first-order chi connectivity index (χ1) is 6.45. The van der Waals surface area contributed by atoms with Crippen molar-refractivity contribution in [2.24, 2.45) is 0 Å². The Labute approximate surface area is 88.6 Å². The lowest BCUT2D eigenvalue weighted by Crippen LogP contribution is -2.64. The smallest absolute Gasteiger partial charge is 0.364 e. The lowest BCUT2D eigenvalue weighted by Gasteiger charge is -2.40. The highest BCUT2D eigenvalue weighted by atomic mass is 28.4. The van der Waals surface area contributed by atoms with Crippen molar-refractivity contribution >= 4 is 8.97 Å². The molecule has 0 aliphatic carbocycles. The molecule has 0 unspecified atom stereocenters. The molecule has 0 aliphatic rings. The van der Waals surface area contributed by atoms with Crippen molar-refractivity contribution in [1.29, 1.82) is 0 Å². The van der Waals surface area contributed by atoms with Crippen LogP contribution in [0.4, 0.5) is 0 Å². The highest BCUT2D eigenvalue weighted by molar-refractivity contribution is 6.57. The van der Waals surface area contributed by atoms with Gasteiger partial charge in [0.05, 0.1) is 0 Å². The van der Waals surface area contributed by atoms with Crippen molar-refractivity contribution in [3.05, 3.63) is 0 Å². The van der Waals surface area contributed by atoms with Gasteiger partial charge in [0, 0.05) is 33.4 Å². The molecule has 0 atom stereocenters. The molecule has 0 saturated carbocycles. The Hall–Kier alpha value is 0.0569. The van der Waals surface area contributed by atoms with Gasteiger partial charge in [0.15, 0.2) is 0 Å². The van der Waals surface area contributed by atoms with Crippen LogP contribution < -0.4 is 0 Å². The lowest BCUT2D eigenvalue weighted by molar-refractivity contribution is 0.0345. The molecule has 0 aromatic heterocycles. The Morgan fingerprint density at radius 2 is 1.07 bits per heavy atom. The van der Waals surface area contributed by atoms with Gasteiger partial charge in [0.1, 0.15) is 0 Å². The van der Waals surface area contributed by atoms with Gasteiger partial charge in [-0.2, -0.15) is 0 Å². The van der Waals surface area contributed by atoms with Gasteiger partial charge in [-0.3, -0.25) is 4.57 Å². The van der Waals surface area contributed by atoms with E-state index >= 15 is 0 Å². The second kappa shape index (κ2) is 5.82. The first-order valence-corrected chi connectivity index (χ1v) is 6.56. The highest BCUT2D eigenvalue weighted by Gasteiger charge is 2.49. The average Bonchev–Trinajstić information content (AvgIpc) is 2.12. The van der Waals surface area contributed by atoms with Crippen LogP contribution in [0, 0.1) is 0 Å². The van der Waals surface area contributed by atoms with Crippen molar-refractivity contribution in [1.82, 2.24) is 4.57 Å². The highest BCUT2D eigenvalue weighted by Crippen LogP contribution is 2.19. The van der Waals surface area contributed by atoms with Crippen LogP contribution in [0.3, 0.4) is 0 Å². The molecule has 86 valence electrons. The molecule has 0 rings (SSSR count). The van der Waals surface area contributed by atoms with Gasteiger partial charge in [0.25, 0.3) is 0 Å². The van der Waals surface area contributed by atoms with E-state index < -0.39 is 8.97 Å². The molecule has 0 amide bonds. The topological polar surface area (TPSA) is 30.9 Å². The van der Waals surface area contributed by atoms with Crippen LogP contribution >= 0.6 is 0 Å². The largest absolute Gasteiger partial charge is 0.599 e. The van der Waals surface area contributed by atoms with E-state index in [0.29, 0.717) is 12.1 Å². The Kier molecular flexibility index (Phi) is 5.85. The molecule has 4 nitrogen and oxygen atoms in total. The summed E-state index contributed by atoms with van der Waals surface area (Å²) in [6.07, 6.45) is 0. The average molecular weight is 221 g/mol. The van der Waals surface area contributed by atoms with Crippen LogP contribution in [0.25, 0.3) is 0 Å². The zero-order valence-electron chi connectivity index (χ0n) is 10.3. The second-order valence-electron chi connectivity index (χ2n) is 3.73. The molecule has 0 aromatic carbocycles. The van der Waals surface area contributed by atoms with Gasteiger partial charge in [0.2, 0.25) is 0 Å². The van der Waals surface area contributed by atoms with Crippen molar-refractivity contribution in [3.8, 4) is 0 Å². The molecule has 0 saturated heterocycles. The monoisotopic (exact) mass is 221 g/mol. The number of rotatable bonds is 6. The van der Waals surface area contributed by atoms with Crippen LogP contribution in [0.5, 0.6) is 0 Å². The molecular weight excluding hydrogens is 198 g/mol. The minimum Gasteiger partial charge on any atom is -0.364 e. The summed E-state index contributed by atoms with van der Waals surface area (Å²) in [6.45, 7) is 8.44. The van der Waals surface area contributed by atoms with Crippen LogP contribution in [0.2, 0.25) is 0 Å². The SMILES string of the molecule is CO[Si](OC)(OC)N(C(C)C)C(C)C. The maximum atomic E-state index is 5.44. The van der Waals surface area contributed by atoms with E-state index in [-0.39, 0.29) is 0 Å². The van der Waals surface area contributed by atoms with Crippen LogP contribution in [0.1, 0.15) is 27.7 Å². The van der Waals surface area contributed by atoms with Crippen molar-refractivity contribution in [2.45, 2.75) is 39.8 Å². The number of nitrogens with zero attached hydrogens (tertiary/aromatic N) is 1. The predicted molar refractivity (Wildman–Crippen MR) is 58.9 cm³/mol. The number of hydrogen-bond donors (Lipinski definition) is 0. The maximum Gasteiger partial charge on any atom is 0.599 e. The molecule has 0 fully saturated rings. The summed E-state index contributed by atoms with van der Waals surface area (Å²) in [5, 5.41) is 0. The van der Waals surface area contributed by atoms with Crippen molar-refractivity contribution in [2.75, 3.05) is 21.3 Å². The van der Waals surface area contributed by atoms with Gasteiger partial charge in [-0.05, 0) is 0 Å². The van der Waals surface area contributed by atoms with Gasteiger partial charge < -0.3 is 13.3 Å². The van der Waals surface area contributed by atoms with Gasteiger partial charge in [-0.15, -0.1) is 0 Å². The Bertz CT molecular complexity index is 144. The summed E-state index contributed by atoms with van der Waals surface area (Å²) in [6, 6.07) is 0.669. The normalized spacial score (nSPS) is 13.3. The predicted octanol–water partition coefficient (Wildman–Crippen LogP) is 1.48. The summed E-state index contributed by atoms with van der Waals surface area (Å²) >= 11 is 0. The van der Waals surface area contributed by atoms with E-state index in [2.05, 4.69) is 32.3 Å². The second-order valence-corrected chi connectivity index (χ2v) is 6.52. The van der Waals surface area contributed by atoms with Crippen molar-refractivity contribution < 1.29 is 13.3 Å². The standard InChI is InChI=1S/C9H23NO3Si/c1-8(2)10(9(3)4)14(11-5,12-6)13-7/h8-9H,1-7H3. The van der Waals surface area contributed by atoms with Crippen LogP contribution in [-0.2, 0) is 13.3 Å². The molecule has 0 aromatic rings. The van der Waals surface area contributed by atoms with E-state index in [0.717, 1.165) is 0 Å². The fraction of sp³-hybridized carbons (Fsp3) is 1.00. The van der Waals surface area contributed by atoms with E-state index in [1.165, 1.54) is 0 Å². The quantitative estimate of drug-likeness (QED) is 0.636. The minimum atomic E-state index is -2.64. The van der Waals surface area contributed by atoms with Crippen LogP contribution in [-0.4, -0.2) is 46.9 Å². The maximum absolute atomic E-state index is 5.44. The number of hydrogen-bond acceptors (Lipinski definition) is 4. The molecule has 0 spiro atoms. The van der Waals surface area contributed by atoms with E-state index in [1.807, 2.05) is 0 Å². The molecule has 0 bridgehead atoms. The van der Waals surface area contributed by atoms with E-state index in [1.54, 1.807) is 21.3 Å². The molecular formula is C9H23NO3Si. The third kappa shape index (κ3) is 2.77. The van der Waals surface area contributed by atoms with Crippen LogP contribution in [0.15, 0.2) is 0 Å². The molecule has 0 heterocycles. The minimum absolute atomic E-state index is 0.335.